The molecule has 1 aliphatic rings. The van der Waals surface area contributed by atoms with Crippen molar-refractivity contribution in [2.75, 3.05) is 31.6 Å². The normalized spacial score (nSPS) is 16.8. The molecule has 0 aliphatic carbocycles. The summed E-state index contributed by atoms with van der Waals surface area (Å²) < 4.78 is 39.4. The highest BCUT2D eigenvalue weighted by Crippen LogP contribution is 2.36. The fourth-order valence-electron chi connectivity index (χ4n) is 3.24. The summed E-state index contributed by atoms with van der Waals surface area (Å²) >= 11 is 0. The van der Waals surface area contributed by atoms with Crippen molar-refractivity contribution in [2.45, 2.75) is 39.8 Å². The zero-order chi connectivity index (χ0) is 18.8. The van der Waals surface area contributed by atoms with Crippen LogP contribution in [-0.4, -0.2) is 42.5 Å². The summed E-state index contributed by atoms with van der Waals surface area (Å²) in [5.41, 5.74) is -1.11. The standard InChI is InChI=1S/C18H26F3N3O/c1-17(2,3)16(25)23(4)12-13-7-10-24(11-8-13)15-14(18(19,20)21)6-5-9-22-15/h5-6,9,13H,7-8,10-12H2,1-4H3. The van der Waals surface area contributed by atoms with Crippen molar-refractivity contribution in [3.8, 4) is 0 Å². The Morgan fingerprint density at radius 3 is 2.40 bits per heavy atom. The van der Waals surface area contributed by atoms with Crippen LogP contribution in [0.25, 0.3) is 0 Å². The highest BCUT2D eigenvalue weighted by Gasteiger charge is 2.36. The molecule has 0 N–H and O–H groups in total. The molecule has 2 rings (SSSR count). The fourth-order valence-corrected chi connectivity index (χ4v) is 3.24. The summed E-state index contributed by atoms with van der Waals surface area (Å²) in [5.74, 6) is 0.386. The van der Waals surface area contributed by atoms with E-state index < -0.39 is 17.2 Å². The Morgan fingerprint density at radius 1 is 1.28 bits per heavy atom. The maximum atomic E-state index is 13.1. The van der Waals surface area contributed by atoms with Gasteiger partial charge in [-0.25, -0.2) is 4.98 Å². The molecule has 1 aromatic rings. The number of alkyl halides is 3. The molecule has 0 saturated carbocycles. The molecule has 4 nitrogen and oxygen atoms in total. The number of nitrogens with zero attached hydrogens (tertiary/aromatic N) is 3. The van der Waals surface area contributed by atoms with Gasteiger partial charge in [0.2, 0.25) is 5.91 Å². The van der Waals surface area contributed by atoms with Crippen LogP contribution < -0.4 is 4.90 Å². The Hall–Kier alpha value is -1.79. The molecule has 0 radical (unpaired) electrons. The predicted molar refractivity (Wildman–Crippen MR) is 91.3 cm³/mol. The number of piperidine rings is 1. The van der Waals surface area contributed by atoms with E-state index in [1.54, 1.807) is 16.8 Å². The maximum Gasteiger partial charge on any atom is 0.419 e. The summed E-state index contributed by atoms with van der Waals surface area (Å²) in [5, 5.41) is 0. The number of hydrogen-bond acceptors (Lipinski definition) is 3. The molecule has 140 valence electrons. The maximum absolute atomic E-state index is 13.1. The third-order valence-corrected chi connectivity index (χ3v) is 4.53. The Morgan fingerprint density at radius 2 is 1.88 bits per heavy atom. The van der Waals surface area contributed by atoms with Crippen LogP contribution in [0.4, 0.5) is 19.0 Å². The summed E-state index contributed by atoms with van der Waals surface area (Å²) in [6, 6.07) is 2.39. The Labute approximate surface area is 147 Å². The van der Waals surface area contributed by atoms with Crippen LogP contribution in [0, 0.1) is 11.3 Å². The number of amides is 1. The van der Waals surface area contributed by atoms with Crippen LogP contribution in [0.15, 0.2) is 18.3 Å². The molecule has 7 heteroatoms. The van der Waals surface area contributed by atoms with Crippen LogP contribution in [0.1, 0.15) is 39.2 Å². The van der Waals surface area contributed by atoms with Gasteiger partial charge in [-0.3, -0.25) is 4.79 Å². The second kappa shape index (κ2) is 7.22. The van der Waals surface area contributed by atoms with E-state index in [9.17, 15) is 18.0 Å². The van der Waals surface area contributed by atoms with E-state index in [-0.39, 0.29) is 11.7 Å². The fraction of sp³-hybridized carbons (Fsp3) is 0.667. The lowest BCUT2D eigenvalue weighted by molar-refractivity contribution is -0.139. The predicted octanol–water partition coefficient (Wildman–Crippen LogP) is 3.82. The third-order valence-electron chi connectivity index (χ3n) is 4.53. The van der Waals surface area contributed by atoms with Gasteiger partial charge in [-0.1, -0.05) is 20.8 Å². The van der Waals surface area contributed by atoms with Gasteiger partial charge < -0.3 is 9.80 Å². The number of hydrogen-bond donors (Lipinski definition) is 0. The lowest BCUT2D eigenvalue weighted by atomic mass is 9.92. The smallest absolute Gasteiger partial charge is 0.356 e. The van der Waals surface area contributed by atoms with Crippen molar-refractivity contribution in [2.24, 2.45) is 11.3 Å². The number of rotatable bonds is 3. The highest BCUT2D eigenvalue weighted by atomic mass is 19.4. The van der Waals surface area contributed by atoms with Gasteiger partial charge >= 0.3 is 6.18 Å². The number of carbonyl (C=O) groups is 1. The summed E-state index contributed by atoms with van der Waals surface area (Å²) in [6.45, 7) is 7.32. The number of anilines is 1. The van der Waals surface area contributed by atoms with Crippen molar-refractivity contribution in [3.63, 3.8) is 0 Å². The minimum atomic E-state index is -4.40. The van der Waals surface area contributed by atoms with Crippen molar-refractivity contribution >= 4 is 11.7 Å². The topological polar surface area (TPSA) is 36.4 Å². The minimum Gasteiger partial charge on any atom is -0.356 e. The Bertz CT molecular complexity index is 602. The lowest BCUT2D eigenvalue weighted by Gasteiger charge is -2.36. The average molecular weight is 357 g/mol. The van der Waals surface area contributed by atoms with Gasteiger partial charge in [0.05, 0.1) is 5.56 Å². The van der Waals surface area contributed by atoms with E-state index in [4.69, 9.17) is 0 Å². The second-order valence-electron chi connectivity index (χ2n) is 7.74. The highest BCUT2D eigenvalue weighted by molar-refractivity contribution is 5.81. The summed E-state index contributed by atoms with van der Waals surface area (Å²) in [6.07, 6.45) is -1.52. The Kier molecular flexibility index (Phi) is 5.64. The van der Waals surface area contributed by atoms with Gasteiger partial charge in [0.1, 0.15) is 5.82 Å². The minimum absolute atomic E-state index is 0.00701. The molecular formula is C18H26F3N3O. The van der Waals surface area contributed by atoms with E-state index in [2.05, 4.69) is 4.98 Å². The molecule has 1 fully saturated rings. The monoisotopic (exact) mass is 357 g/mol. The average Bonchev–Trinajstić information content (AvgIpc) is 2.53. The van der Waals surface area contributed by atoms with Gasteiger partial charge in [0, 0.05) is 38.3 Å². The molecule has 1 aromatic heterocycles. The SMILES string of the molecule is CN(CC1CCN(c2ncccc2C(F)(F)F)CC1)C(=O)C(C)(C)C. The summed E-state index contributed by atoms with van der Waals surface area (Å²) in [7, 11) is 1.79. The molecule has 25 heavy (non-hydrogen) atoms. The zero-order valence-electron chi connectivity index (χ0n) is 15.2. The van der Waals surface area contributed by atoms with Gasteiger partial charge in [0.25, 0.3) is 0 Å². The van der Waals surface area contributed by atoms with E-state index in [1.807, 2.05) is 20.8 Å². The van der Waals surface area contributed by atoms with Crippen LogP contribution in [0.5, 0.6) is 0 Å². The molecule has 1 aliphatic heterocycles. The quantitative estimate of drug-likeness (QED) is 0.825. The van der Waals surface area contributed by atoms with E-state index in [1.165, 1.54) is 12.3 Å². The zero-order valence-corrected chi connectivity index (χ0v) is 15.2. The molecule has 0 bridgehead atoms. The van der Waals surface area contributed by atoms with Crippen molar-refractivity contribution in [1.29, 1.82) is 0 Å². The molecule has 0 unspecified atom stereocenters. The van der Waals surface area contributed by atoms with Crippen LogP contribution in [0.2, 0.25) is 0 Å². The van der Waals surface area contributed by atoms with E-state index in [0.717, 1.165) is 18.9 Å². The third kappa shape index (κ3) is 4.86. The summed E-state index contributed by atoms with van der Waals surface area (Å²) in [4.78, 5) is 19.7. The molecule has 1 amide bonds. The second-order valence-corrected chi connectivity index (χ2v) is 7.74. The first-order valence-corrected chi connectivity index (χ1v) is 8.53. The number of halogens is 3. The number of pyridine rings is 1. The van der Waals surface area contributed by atoms with Crippen molar-refractivity contribution in [1.82, 2.24) is 9.88 Å². The lowest BCUT2D eigenvalue weighted by Crippen LogP contribution is -2.43. The molecule has 0 aromatic carbocycles. The van der Waals surface area contributed by atoms with Crippen molar-refractivity contribution in [3.05, 3.63) is 23.9 Å². The van der Waals surface area contributed by atoms with Crippen LogP contribution in [-0.2, 0) is 11.0 Å². The molecule has 2 heterocycles. The molecule has 1 saturated heterocycles. The van der Waals surface area contributed by atoms with E-state index in [0.29, 0.717) is 25.6 Å². The molecule has 0 spiro atoms. The number of carbonyl (C=O) groups excluding carboxylic acids is 1. The van der Waals surface area contributed by atoms with Crippen LogP contribution in [0.3, 0.4) is 0 Å². The van der Waals surface area contributed by atoms with Gasteiger partial charge in [-0.05, 0) is 30.9 Å². The molecular weight excluding hydrogens is 331 g/mol. The van der Waals surface area contributed by atoms with Gasteiger partial charge in [0.15, 0.2) is 0 Å². The first-order valence-electron chi connectivity index (χ1n) is 8.53. The first kappa shape index (κ1) is 19.5. The Balaban J connectivity index is 1.98. The van der Waals surface area contributed by atoms with Crippen LogP contribution >= 0.6 is 0 Å². The number of aromatic nitrogens is 1. The van der Waals surface area contributed by atoms with Gasteiger partial charge in [-0.2, -0.15) is 13.2 Å². The van der Waals surface area contributed by atoms with Crippen molar-refractivity contribution < 1.29 is 18.0 Å². The largest absolute Gasteiger partial charge is 0.419 e. The van der Waals surface area contributed by atoms with E-state index >= 15 is 0 Å². The van der Waals surface area contributed by atoms with Gasteiger partial charge in [-0.15, -0.1) is 0 Å². The first-order chi connectivity index (χ1) is 11.5. The molecule has 0 atom stereocenters.